The standard InChI is InChI=1S/C23H35NO6/c1-21(2,3)17(13-18(25)26)23(20(28)29,22(4,5)6)24-14-16-10-8-15(9-11-16)12-19(27)30-7/h8-11,17,24H,12-14H2,1-7H3,(H,25,26)(H,28,29)/t17?,23-/m0/s1. The molecule has 0 bridgehead atoms. The highest BCUT2D eigenvalue weighted by atomic mass is 16.5. The molecule has 0 aromatic heterocycles. The molecule has 1 aromatic carbocycles. The van der Waals surface area contributed by atoms with Crippen molar-refractivity contribution in [2.75, 3.05) is 7.11 Å². The van der Waals surface area contributed by atoms with Crippen LogP contribution in [0.15, 0.2) is 24.3 Å². The molecule has 0 heterocycles. The van der Waals surface area contributed by atoms with Gasteiger partial charge >= 0.3 is 17.9 Å². The molecule has 0 amide bonds. The minimum Gasteiger partial charge on any atom is -0.481 e. The van der Waals surface area contributed by atoms with Crippen LogP contribution in [0.2, 0.25) is 0 Å². The van der Waals surface area contributed by atoms with Crippen molar-refractivity contribution in [3.8, 4) is 0 Å². The SMILES string of the molecule is COC(=O)Cc1ccc(CN[C@](C(=O)O)(C(CC(=O)O)C(C)(C)C)C(C)(C)C)cc1. The maximum Gasteiger partial charge on any atom is 0.324 e. The average molecular weight is 422 g/mol. The molecule has 0 aliphatic rings. The lowest BCUT2D eigenvalue weighted by molar-refractivity contribution is -0.161. The van der Waals surface area contributed by atoms with Crippen LogP contribution in [-0.4, -0.2) is 40.8 Å². The van der Waals surface area contributed by atoms with Gasteiger partial charge in [0, 0.05) is 12.5 Å². The Hall–Kier alpha value is -2.41. The van der Waals surface area contributed by atoms with Gasteiger partial charge in [-0.15, -0.1) is 0 Å². The molecule has 0 radical (unpaired) electrons. The molecule has 0 spiro atoms. The normalized spacial score (nSPS) is 15.2. The van der Waals surface area contributed by atoms with E-state index in [-0.39, 0.29) is 25.4 Å². The Morgan fingerprint density at radius 3 is 1.83 bits per heavy atom. The Morgan fingerprint density at radius 1 is 0.967 bits per heavy atom. The van der Waals surface area contributed by atoms with E-state index in [9.17, 15) is 24.6 Å². The van der Waals surface area contributed by atoms with Crippen LogP contribution in [0.3, 0.4) is 0 Å². The molecule has 0 saturated heterocycles. The van der Waals surface area contributed by atoms with Gasteiger partial charge in [0.2, 0.25) is 0 Å². The summed E-state index contributed by atoms with van der Waals surface area (Å²) in [7, 11) is 1.33. The smallest absolute Gasteiger partial charge is 0.324 e. The number of benzene rings is 1. The summed E-state index contributed by atoms with van der Waals surface area (Å²) in [6, 6.07) is 7.24. The summed E-state index contributed by atoms with van der Waals surface area (Å²) in [5.74, 6) is -3.10. The Bertz CT molecular complexity index is 757. The summed E-state index contributed by atoms with van der Waals surface area (Å²) in [6.45, 7) is 11.3. The van der Waals surface area contributed by atoms with Gasteiger partial charge in [-0.3, -0.25) is 19.7 Å². The van der Waals surface area contributed by atoms with E-state index in [1.807, 2.05) is 53.7 Å². The van der Waals surface area contributed by atoms with Crippen LogP contribution in [0.25, 0.3) is 0 Å². The molecule has 1 rings (SSSR count). The van der Waals surface area contributed by atoms with Gasteiger partial charge < -0.3 is 14.9 Å². The molecule has 1 unspecified atom stereocenters. The van der Waals surface area contributed by atoms with E-state index >= 15 is 0 Å². The van der Waals surface area contributed by atoms with Gasteiger partial charge in [0.15, 0.2) is 0 Å². The third-order valence-corrected chi connectivity index (χ3v) is 5.64. The van der Waals surface area contributed by atoms with Crippen molar-refractivity contribution in [3.05, 3.63) is 35.4 Å². The van der Waals surface area contributed by atoms with Crippen LogP contribution in [0.5, 0.6) is 0 Å². The minimum atomic E-state index is -1.48. The number of rotatable bonds is 9. The molecule has 0 aliphatic carbocycles. The molecule has 168 valence electrons. The third kappa shape index (κ3) is 6.05. The first kappa shape index (κ1) is 25.6. The summed E-state index contributed by atoms with van der Waals surface area (Å²) in [4.78, 5) is 35.7. The van der Waals surface area contributed by atoms with Crippen LogP contribution in [0, 0.1) is 16.7 Å². The zero-order valence-electron chi connectivity index (χ0n) is 19.0. The van der Waals surface area contributed by atoms with Gasteiger partial charge in [0.1, 0.15) is 5.54 Å². The van der Waals surface area contributed by atoms with Gasteiger partial charge in [0.05, 0.1) is 20.0 Å². The molecule has 0 aliphatic heterocycles. The Labute approximate surface area is 178 Å². The largest absolute Gasteiger partial charge is 0.481 e. The molecule has 0 saturated carbocycles. The summed E-state index contributed by atoms with van der Waals surface area (Å²) >= 11 is 0. The van der Waals surface area contributed by atoms with E-state index in [0.29, 0.717) is 0 Å². The van der Waals surface area contributed by atoms with Gasteiger partial charge in [0.25, 0.3) is 0 Å². The van der Waals surface area contributed by atoms with E-state index in [0.717, 1.165) is 11.1 Å². The van der Waals surface area contributed by atoms with Crippen LogP contribution in [0.1, 0.15) is 59.1 Å². The van der Waals surface area contributed by atoms with Gasteiger partial charge in [-0.05, 0) is 22.0 Å². The maximum absolute atomic E-state index is 12.7. The Morgan fingerprint density at radius 2 is 1.47 bits per heavy atom. The lowest BCUT2D eigenvalue weighted by Crippen LogP contribution is -2.67. The molecule has 30 heavy (non-hydrogen) atoms. The number of ether oxygens (including phenoxy) is 1. The molecule has 7 heteroatoms. The van der Waals surface area contributed by atoms with E-state index in [1.165, 1.54) is 7.11 Å². The molecular formula is C23H35NO6. The summed E-state index contributed by atoms with van der Waals surface area (Å²) in [5, 5.41) is 23.1. The number of hydrogen-bond acceptors (Lipinski definition) is 5. The van der Waals surface area contributed by atoms with Crippen LogP contribution in [-0.2, 0) is 32.1 Å². The first-order valence-corrected chi connectivity index (χ1v) is 10.00. The second-order valence-electron chi connectivity index (χ2n) is 9.80. The molecule has 1 aromatic rings. The predicted octanol–water partition coefficient (Wildman–Crippen LogP) is 3.50. The fourth-order valence-corrected chi connectivity index (χ4v) is 4.00. The third-order valence-electron chi connectivity index (χ3n) is 5.64. The Balaban J connectivity index is 3.29. The fraction of sp³-hybridized carbons (Fsp3) is 0.609. The lowest BCUT2D eigenvalue weighted by atomic mass is 9.57. The lowest BCUT2D eigenvalue weighted by Gasteiger charge is -2.51. The van der Waals surface area contributed by atoms with Crippen molar-refractivity contribution in [1.82, 2.24) is 5.32 Å². The minimum absolute atomic E-state index is 0.163. The van der Waals surface area contributed by atoms with E-state index < -0.39 is 34.2 Å². The highest BCUT2D eigenvalue weighted by Crippen LogP contribution is 2.47. The number of esters is 1. The van der Waals surface area contributed by atoms with Gasteiger partial charge in [-0.25, -0.2) is 0 Å². The quantitative estimate of drug-likeness (QED) is 0.523. The van der Waals surface area contributed by atoms with Crippen molar-refractivity contribution < 1.29 is 29.3 Å². The second kappa shape index (κ2) is 9.60. The number of methoxy groups -OCH3 is 1. The number of carbonyl (C=O) groups excluding carboxylic acids is 1. The molecule has 3 N–H and O–H groups in total. The molecule has 2 atom stereocenters. The average Bonchev–Trinajstić information content (AvgIpc) is 2.59. The zero-order valence-corrected chi connectivity index (χ0v) is 19.0. The van der Waals surface area contributed by atoms with E-state index in [2.05, 4.69) is 10.1 Å². The maximum atomic E-state index is 12.7. The van der Waals surface area contributed by atoms with Crippen LogP contribution < -0.4 is 5.32 Å². The predicted molar refractivity (Wildman–Crippen MR) is 114 cm³/mol. The second-order valence-corrected chi connectivity index (χ2v) is 9.80. The number of hydrogen-bond donors (Lipinski definition) is 3. The highest BCUT2D eigenvalue weighted by Gasteiger charge is 2.57. The van der Waals surface area contributed by atoms with Crippen LogP contribution >= 0.6 is 0 Å². The summed E-state index contributed by atoms with van der Waals surface area (Å²) in [6.07, 6.45) is -0.103. The number of aliphatic carboxylic acids is 2. The van der Waals surface area contributed by atoms with Crippen molar-refractivity contribution in [1.29, 1.82) is 0 Å². The van der Waals surface area contributed by atoms with Crippen molar-refractivity contribution in [2.24, 2.45) is 16.7 Å². The van der Waals surface area contributed by atoms with E-state index in [4.69, 9.17) is 0 Å². The fourth-order valence-electron chi connectivity index (χ4n) is 4.00. The van der Waals surface area contributed by atoms with E-state index in [1.54, 1.807) is 12.1 Å². The zero-order chi connectivity index (χ0) is 23.3. The van der Waals surface area contributed by atoms with Crippen LogP contribution in [0.4, 0.5) is 0 Å². The topological polar surface area (TPSA) is 113 Å². The number of carboxylic acid groups (broad SMARTS) is 2. The number of carboxylic acids is 2. The first-order valence-electron chi connectivity index (χ1n) is 10.00. The van der Waals surface area contributed by atoms with Crippen molar-refractivity contribution >= 4 is 17.9 Å². The molecule has 7 nitrogen and oxygen atoms in total. The molecular weight excluding hydrogens is 386 g/mol. The summed E-state index contributed by atoms with van der Waals surface area (Å²) < 4.78 is 4.67. The highest BCUT2D eigenvalue weighted by molar-refractivity contribution is 5.82. The van der Waals surface area contributed by atoms with Crippen molar-refractivity contribution in [3.63, 3.8) is 0 Å². The summed E-state index contributed by atoms with van der Waals surface area (Å²) in [5.41, 5.74) is -1.18. The monoisotopic (exact) mass is 421 g/mol. The Kier molecular flexibility index (Phi) is 8.20. The number of nitrogens with one attached hydrogen (secondary N) is 1. The van der Waals surface area contributed by atoms with Crippen molar-refractivity contribution in [2.45, 2.75) is 66.5 Å². The molecule has 0 fully saturated rings. The van der Waals surface area contributed by atoms with Gasteiger partial charge in [-0.1, -0.05) is 65.8 Å². The number of carbonyl (C=O) groups is 3. The first-order chi connectivity index (χ1) is 13.6. The van der Waals surface area contributed by atoms with Gasteiger partial charge in [-0.2, -0.15) is 0 Å².